The summed E-state index contributed by atoms with van der Waals surface area (Å²) < 4.78 is 11.0. The number of aromatic nitrogens is 1. The average molecular weight is 250 g/mol. The summed E-state index contributed by atoms with van der Waals surface area (Å²) in [6.45, 7) is 7.47. The van der Waals surface area contributed by atoms with Gasteiger partial charge in [-0.2, -0.15) is 0 Å². The summed E-state index contributed by atoms with van der Waals surface area (Å²) in [5.41, 5.74) is 1.04. The highest BCUT2D eigenvalue weighted by molar-refractivity contribution is 5.19. The molecule has 0 bridgehead atoms. The van der Waals surface area contributed by atoms with E-state index in [9.17, 15) is 0 Å². The minimum Gasteiger partial charge on any atom is -0.492 e. The molecule has 0 aromatic carbocycles. The molecule has 18 heavy (non-hydrogen) atoms. The zero-order valence-electron chi connectivity index (χ0n) is 11.2. The molecule has 0 aliphatic carbocycles. The Kier molecular flexibility index (Phi) is 4.96. The van der Waals surface area contributed by atoms with Gasteiger partial charge in [0.05, 0.1) is 25.1 Å². The van der Waals surface area contributed by atoms with E-state index in [1.807, 2.05) is 12.1 Å². The van der Waals surface area contributed by atoms with Crippen molar-refractivity contribution in [3.05, 3.63) is 24.0 Å². The van der Waals surface area contributed by atoms with Gasteiger partial charge >= 0.3 is 0 Å². The van der Waals surface area contributed by atoms with E-state index in [4.69, 9.17) is 9.47 Å². The molecule has 1 aliphatic rings. The molecule has 0 amide bonds. The van der Waals surface area contributed by atoms with Gasteiger partial charge in [0, 0.05) is 25.1 Å². The first-order valence-electron chi connectivity index (χ1n) is 6.63. The first-order valence-corrected chi connectivity index (χ1v) is 6.63. The predicted octanol–water partition coefficient (Wildman–Crippen LogP) is 1.99. The van der Waals surface area contributed by atoms with Gasteiger partial charge in [0.2, 0.25) is 0 Å². The Morgan fingerprint density at radius 3 is 3.00 bits per heavy atom. The van der Waals surface area contributed by atoms with Crippen LogP contribution in [0.4, 0.5) is 0 Å². The van der Waals surface area contributed by atoms with Gasteiger partial charge < -0.3 is 14.8 Å². The van der Waals surface area contributed by atoms with Crippen molar-refractivity contribution in [2.45, 2.75) is 32.9 Å². The molecule has 2 heterocycles. The largest absolute Gasteiger partial charge is 0.492 e. The third kappa shape index (κ3) is 4.27. The third-order valence-corrected chi connectivity index (χ3v) is 3.00. The quantitative estimate of drug-likeness (QED) is 0.838. The molecule has 100 valence electrons. The number of ether oxygens (including phenoxy) is 2. The maximum absolute atomic E-state index is 5.71. The summed E-state index contributed by atoms with van der Waals surface area (Å²) in [5, 5.41) is 3.34. The molecule has 1 aromatic rings. The highest BCUT2D eigenvalue weighted by Crippen LogP contribution is 2.15. The number of nitrogens with zero attached hydrogens (tertiary/aromatic N) is 1. The number of hydrogen-bond acceptors (Lipinski definition) is 4. The van der Waals surface area contributed by atoms with Gasteiger partial charge in [0.25, 0.3) is 0 Å². The molecule has 1 N–H and O–H groups in total. The van der Waals surface area contributed by atoms with E-state index in [1.165, 1.54) is 0 Å². The lowest BCUT2D eigenvalue weighted by Crippen LogP contribution is -2.22. The van der Waals surface area contributed by atoms with Crippen molar-refractivity contribution in [2.75, 3.05) is 19.8 Å². The first kappa shape index (κ1) is 13.3. The van der Waals surface area contributed by atoms with E-state index in [2.05, 4.69) is 24.1 Å². The molecular formula is C14H22N2O2. The van der Waals surface area contributed by atoms with Crippen LogP contribution >= 0.6 is 0 Å². The fourth-order valence-corrected chi connectivity index (χ4v) is 1.84. The predicted molar refractivity (Wildman–Crippen MR) is 70.6 cm³/mol. The Bertz CT molecular complexity index is 345. The van der Waals surface area contributed by atoms with Crippen molar-refractivity contribution in [3.8, 4) is 5.75 Å². The maximum Gasteiger partial charge on any atom is 0.137 e. The molecule has 4 heteroatoms. The van der Waals surface area contributed by atoms with Crippen LogP contribution in [-0.4, -0.2) is 30.8 Å². The van der Waals surface area contributed by atoms with E-state index >= 15 is 0 Å². The summed E-state index contributed by atoms with van der Waals surface area (Å²) in [4.78, 5) is 4.38. The number of hydrogen-bond donors (Lipinski definition) is 1. The van der Waals surface area contributed by atoms with Gasteiger partial charge in [0.15, 0.2) is 0 Å². The van der Waals surface area contributed by atoms with Crippen LogP contribution in [0.15, 0.2) is 18.3 Å². The van der Waals surface area contributed by atoms with Gasteiger partial charge in [0.1, 0.15) is 5.75 Å². The highest BCUT2D eigenvalue weighted by Gasteiger charge is 2.16. The summed E-state index contributed by atoms with van der Waals surface area (Å²) in [6.07, 6.45) is 2.90. The summed E-state index contributed by atoms with van der Waals surface area (Å²) in [5.74, 6) is 1.38. The SMILES string of the molecule is CC(C)NCc1ccc(OCC2CCOC2)cn1. The van der Waals surface area contributed by atoms with E-state index in [1.54, 1.807) is 6.20 Å². The van der Waals surface area contributed by atoms with Crippen molar-refractivity contribution >= 4 is 0 Å². The Morgan fingerprint density at radius 1 is 1.50 bits per heavy atom. The molecule has 4 nitrogen and oxygen atoms in total. The zero-order chi connectivity index (χ0) is 12.8. The lowest BCUT2D eigenvalue weighted by Gasteiger charge is -2.11. The van der Waals surface area contributed by atoms with Gasteiger partial charge in [-0.25, -0.2) is 0 Å². The van der Waals surface area contributed by atoms with E-state index < -0.39 is 0 Å². The standard InChI is InChI=1S/C14H22N2O2/c1-11(2)15-7-13-3-4-14(8-16-13)18-10-12-5-6-17-9-12/h3-4,8,11-12,15H,5-7,9-10H2,1-2H3. The second-order valence-electron chi connectivity index (χ2n) is 5.06. The minimum atomic E-state index is 0.477. The smallest absolute Gasteiger partial charge is 0.137 e. The lowest BCUT2D eigenvalue weighted by atomic mass is 10.1. The van der Waals surface area contributed by atoms with Crippen LogP contribution in [0.5, 0.6) is 5.75 Å². The third-order valence-electron chi connectivity index (χ3n) is 3.00. The summed E-state index contributed by atoms with van der Waals surface area (Å²) >= 11 is 0. The second kappa shape index (κ2) is 6.71. The second-order valence-corrected chi connectivity index (χ2v) is 5.06. The molecule has 1 unspecified atom stereocenters. The Labute approximate surface area is 109 Å². The van der Waals surface area contributed by atoms with E-state index in [0.29, 0.717) is 12.0 Å². The number of pyridine rings is 1. The molecule has 0 saturated carbocycles. The average Bonchev–Trinajstić information content (AvgIpc) is 2.88. The van der Waals surface area contributed by atoms with Crippen LogP contribution in [0.2, 0.25) is 0 Å². The molecule has 0 spiro atoms. The molecule has 1 aromatic heterocycles. The molecule has 0 radical (unpaired) electrons. The maximum atomic E-state index is 5.71. The van der Waals surface area contributed by atoms with Crippen LogP contribution in [0, 0.1) is 5.92 Å². The van der Waals surface area contributed by atoms with Gasteiger partial charge in [-0.1, -0.05) is 13.8 Å². The first-order chi connectivity index (χ1) is 8.74. The molecule has 1 aliphatic heterocycles. The van der Waals surface area contributed by atoms with E-state index in [-0.39, 0.29) is 0 Å². The fraction of sp³-hybridized carbons (Fsp3) is 0.643. The zero-order valence-corrected chi connectivity index (χ0v) is 11.2. The van der Waals surface area contributed by atoms with Gasteiger partial charge in [-0.3, -0.25) is 4.98 Å². The number of rotatable bonds is 6. The van der Waals surface area contributed by atoms with Gasteiger partial charge in [-0.15, -0.1) is 0 Å². The van der Waals surface area contributed by atoms with Crippen molar-refractivity contribution < 1.29 is 9.47 Å². The Balaban J connectivity index is 1.76. The molecule has 1 saturated heterocycles. The minimum absolute atomic E-state index is 0.477. The normalized spacial score (nSPS) is 19.4. The monoisotopic (exact) mass is 250 g/mol. The molecular weight excluding hydrogens is 228 g/mol. The van der Waals surface area contributed by atoms with Crippen LogP contribution < -0.4 is 10.1 Å². The summed E-state index contributed by atoms with van der Waals surface area (Å²) in [7, 11) is 0. The van der Waals surface area contributed by atoms with Crippen LogP contribution in [-0.2, 0) is 11.3 Å². The van der Waals surface area contributed by atoms with Crippen molar-refractivity contribution in [2.24, 2.45) is 5.92 Å². The topological polar surface area (TPSA) is 43.4 Å². The highest BCUT2D eigenvalue weighted by atomic mass is 16.5. The van der Waals surface area contributed by atoms with Gasteiger partial charge in [-0.05, 0) is 18.6 Å². The Hall–Kier alpha value is -1.13. The summed E-state index contributed by atoms with van der Waals surface area (Å²) in [6, 6.07) is 4.47. The van der Waals surface area contributed by atoms with Crippen LogP contribution in [0.3, 0.4) is 0 Å². The van der Waals surface area contributed by atoms with Crippen molar-refractivity contribution in [1.29, 1.82) is 0 Å². The fourth-order valence-electron chi connectivity index (χ4n) is 1.84. The van der Waals surface area contributed by atoms with Crippen molar-refractivity contribution in [1.82, 2.24) is 10.3 Å². The molecule has 2 rings (SSSR count). The Morgan fingerprint density at radius 2 is 2.39 bits per heavy atom. The lowest BCUT2D eigenvalue weighted by molar-refractivity contribution is 0.167. The molecule has 1 atom stereocenters. The van der Waals surface area contributed by atoms with Crippen LogP contribution in [0.1, 0.15) is 26.0 Å². The number of nitrogens with one attached hydrogen (secondary N) is 1. The molecule has 1 fully saturated rings. The van der Waals surface area contributed by atoms with E-state index in [0.717, 1.165) is 44.2 Å². The van der Waals surface area contributed by atoms with Crippen molar-refractivity contribution in [3.63, 3.8) is 0 Å². The van der Waals surface area contributed by atoms with Crippen LogP contribution in [0.25, 0.3) is 0 Å².